The molecule has 0 saturated carbocycles. The van der Waals surface area contributed by atoms with Gasteiger partial charge >= 0.3 is 0 Å². The molecule has 0 aliphatic carbocycles. The number of nitrogens with one attached hydrogen (secondary N) is 1. The number of nitrogens with zero attached hydrogens (tertiary/aromatic N) is 2. The van der Waals surface area contributed by atoms with Crippen molar-refractivity contribution in [2.75, 3.05) is 26.2 Å². The molecule has 2 aromatic rings. The van der Waals surface area contributed by atoms with Crippen LogP contribution in [0.25, 0.3) is 0 Å². The van der Waals surface area contributed by atoms with Crippen molar-refractivity contribution in [1.82, 2.24) is 14.8 Å². The number of carbonyl (C=O) groups excluding carboxylic acids is 2. The molecule has 28 heavy (non-hydrogen) atoms. The molecule has 0 spiro atoms. The lowest BCUT2D eigenvalue weighted by Gasteiger charge is -2.34. The summed E-state index contributed by atoms with van der Waals surface area (Å²) in [5, 5.41) is 0.748. The summed E-state index contributed by atoms with van der Waals surface area (Å²) >= 11 is 6.07. The number of aromatic nitrogens is 1. The normalized spacial score (nSPS) is 15.1. The molecule has 0 radical (unpaired) electrons. The molecule has 1 aliphatic rings. The number of ketones is 1. The summed E-state index contributed by atoms with van der Waals surface area (Å²) in [6.07, 6.45) is 1.63. The van der Waals surface area contributed by atoms with Crippen LogP contribution in [0.5, 0.6) is 0 Å². The minimum Gasteiger partial charge on any atom is -0.354 e. The predicted octanol–water partition coefficient (Wildman–Crippen LogP) is 4.09. The Balaban J connectivity index is 1.68. The van der Waals surface area contributed by atoms with Gasteiger partial charge in [-0.15, -0.1) is 0 Å². The highest BCUT2D eigenvalue weighted by atomic mass is 35.5. The Morgan fingerprint density at radius 3 is 2.50 bits per heavy atom. The highest BCUT2D eigenvalue weighted by Gasteiger charge is 2.28. The van der Waals surface area contributed by atoms with E-state index in [9.17, 15) is 9.59 Å². The Bertz CT molecular complexity index is 867. The van der Waals surface area contributed by atoms with Gasteiger partial charge in [-0.1, -0.05) is 37.1 Å². The summed E-state index contributed by atoms with van der Waals surface area (Å²) in [6, 6.07) is 7.91. The van der Waals surface area contributed by atoms with Crippen molar-refractivity contribution in [3.63, 3.8) is 0 Å². The number of H-pyrrole nitrogens is 1. The first-order valence-electron chi connectivity index (χ1n) is 9.89. The molecule has 150 valence electrons. The highest BCUT2D eigenvalue weighted by Crippen LogP contribution is 2.23. The van der Waals surface area contributed by atoms with Gasteiger partial charge < -0.3 is 9.88 Å². The van der Waals surface area contributed by atoms with Crippen LogP contribution in [-0.2, 0) is 13.0 Å². The number of amides is 1. The molecule has 3 rings (SSSR count). The molecular weight excluding hydrogens is 374 g/mol. The first kappa shape index (κ1) is 20.6. The fraction of sp³-hybridized carbons (Fsp3) is 0.455. The zero-order valence-corrected chi connectivity index (χ0v) is 17.6. The van der Waals surface area contributed by atoms with Crippen molar-refractivity contribution < 1.29 is 9.59 Å². The summed E-state index contributed by atoms with van der Waals surface area (Å²) < 4.78 is 0. The second kappa shape index (κ2) is 8.93. The number of carbonyl (C=O) groups is 2. The maximum atomic E-state index is 13.1. The monoisotopic (exact) mass is 401 g/mol. The van der Waals surface area contributed by atoms with Gasteiger partial charge in [-0.3, -0.25) is 14.5 Å². The van der Waals surface area contributed by atoms with Crippen LogP contribution in [-0.4, -0.2) is 52.7 Å². The number of piperazine rings is 1. The van der Waals surface area contributed by atoms with Crippen LogP contribution in [0.3, 0.4) is 0 Å². The van der Waals surface area contributed by atoms with E-state index in [0.717, 1.165) is 48.8 Å². The van der Waals surface area contributed by atoms with E-state index in [1.54, 1.807) is 6.92 Å². The molecular formula is C22H28ClN3O2. The van der Waals surface area contributed by atoms with Gasteiger partial charge in [0.15, 0.2) is 5.78 Å². The van der Waals surface area contributed by atoms with Crippen molar-refractivity contribution >= 4 is 23.3 Å². The first-order valence-corrected chi connectivity index (χ1v) is 10.3. The lowest BCUT2D eigenvalue weighted by atomic mass is 10.0. The number of rotatable bonds is 6. The molecule has 1 N–H and O–H groups in total. The van der Waals surface area contributed by atoms with Gasteiger partial charge in [-0.05, 0) is 43.5 Å². The average Bonchev–Trinajstić information content (AvgIpc) is 2.98. The Hall–Kier alpha value is -2.11. The van der Waals surface area contributed by atoms with Crippen LogP contribution in [0.15, 0.2) is 24.3 Å². The maximum Gasteiger partial charge on any atom is 0.270 e. The Morgan fingerprint density at radius 2 is 1.89 bits per heavy atom. The number of aryl methyl sites for hydroxylation is 1. The largest absolute Gasteiger partial charge is 0.354 e. The molecule has 6 heteroatoms. The molecule has 1 saturated heterocycles. The molecule has 2 heterocycles. The number of Topliss-reactive ketones (excluding diaryl/α,β-unsaturated/α-hetero) is 1. The fourth-order valence-electron chi connectivity index (χ4n) is 4.00. The van der Waals surface area contributed by atoms with Gasteiger partial charge in [0.25, 0.3) is 5.91 Å². The quantitative estimate of drug-likeness (QED) is 0.741. The van der Waals surface area contributed by atoms with Gasteiger partial charge in [-0.25, -0.2) is 0 Å². The molecule has 1 aromatic heterocycles. The number of aromatic amines is 1. The van der Waals surface area contributed by atoms with E-state index in [4.69, 9.17) is 11.6 Å². The highest BCUT2D eigenvalue weighted by molar-refractivity contribution is 6.30. The summed E-state index contributed by atoms with van der Waals surface area (Å²) in [4.78, 5) is 32.6. The van der Waals surface area contributed by atoms with Crippen LogP contribution >= 0.6 is 11.6 Å². The van der Waals surface area contributed by atoms with E-state index in [1.807, 2.05) is 30.0 Å². The Labute approximate surface area is 171 Å². The SMILES string of the molecule is CCCc1c(C(=O)N2CCN(Cc3cccc(Cl)c3)CC2)[nH]c(C)c1C(C)=O. The molecule has 1 fully saturated rings. The van der Waals surface area contributed by atoms with Gasteiger partial charge in [0.2, 0.25) is 0 Å². The van der Waals surface area contributed by atoms with Gasteiger partial charge in [0.1, 0.15) is 5.69 Å². The van der Waals surface area contributed by atoms with Gasteiger partial charge in [0.05, 0.1) is 0 Å². The smallest absolute Gasteiger partial charge is 0.270 e. The molecule has 0 atom stereocenters. The number of benzene rings is 1. The summed E-state index contributed by atoms with van der Waals surface area (Å²) in [5.41, 5.74) is 4.12. The standard InChI is InChI=1S/C22H28ClN3O2/c1-4-6-19-20(16(3)27)15(2)24-21(19)22(28)26-11-9-25(10-12-26)14-17-7-5-8-18(23)13-17/h5,7-8,13,24H,4,6,9-12,14H2,1-3H3. The van der Waals surface area contributed by atoms with Gasteiger partial charge in [-0.2, -0.15) is 0 Å². The number of hydrogen-bond acceptors (Lipinski definition) is 3. The van der Waals surface area contributed by atoms with Crippen molar-refractivity contribution in [3.05, 3.63) is 57.4 Å². The number of hydrogen-bond donors (Lipinski definition) is 1. The topological polar surface area (TPSA) is 56.4 Å². The third-order valence-electron chi connectivity index (χ3n) is 5.31. The maximum absolute atomic E-state index is 13.1. The van der Waals surface area contributed by atoms with Crippen molar-refractivity contribution in [3.8, 4) is 0 Å². The second-order valence-corrected chi connectivity index (χ2v) is 7.92. The van der Waals surface area contributed by atoms with Crippen LogP contribution in [0.1, 0.15) is 57.9 Å². The van der Waals surface area contributed by atoms with Crippen molar-refractivity contribution in [2.45, 2.75) is 40.2 Å². The van der Waals surface area contributed by atoms with E-state index >= 15 is 0 Å². The van der Waals surface area contributed by atoms with E-state index in [2.05, 4.69) is 22.9 Å². The molecule has 1 aliphatic heterocycles. The summed E-state index contributed by atoms with van der Waals surface area (Å²) in [5.74, 6) is 0.0176. The minimum atomic E-state index is 0.00135. The van der Waals surface area contributed by atoms with E-state index < -0.39 is 0 Å². The lowest BCUT2D eigenvalue weighted by molar-refractivity contribution is 0.0622. The minimum absolute atomic E-state index is 0.00135. The number of halogens is 1. The molecule has 1 aromatic carbocycles. The van der Waals surface area contributed by atoms with Crippen LogP contribution in [0, 0.1) is 6.92 Å². The van der Waals surface area contributed by atoms with Crippen LogP contribution in [0.4, 0.5) is 0 Å². The zero-order chi connectivity index (χ0) is 20.3. The Kier molecular flexibility index (Phi) is 6.57. The van der Waals surface area contributed by atoms with Gasteiger partial charge in [0, 0.05) is 49.0 Å². The summed E-state index contributed by atoms with van der Waals surface area (Å²) in [7, 11) is 0. The first-order chi connectivity index (χ1) is 13.4. The average molecular weight is 402 g/mol. The Morgan fingerprint density at radius 1 is 1.18 bits per heavy atom. The molecule has 5 nitrogen and oxygen atoms in total. The van der Waals surface area contributed by atoms with Crippen molar-refractivity contribution in [2.24, 2.45) is 0 Å². The van der Waals surface area contributed by atoms with E-state index in [0.29, 0.717) is 24.3 Å². The second-order valence-electron chi connectivity index (χ2n) is 7.48. The lowest BCUT2D eigenvalue weighted by Crippen LogP contribution is -2.48. The van der Waals surface area contributed by atoms with E-state index in [-0.39, 0.29) is 11.7 Å². The predicted molar refractivity (Wildman–Crippen MR) is 112 cm³/mol. The third-order valence-corrected chi connectivity index (χ3v) is 5.55. The molecule has 1 amide bonds. The molecule has 0 unspecified atom stereocenters. The fourth-order valence-corrected chi connectivity index (χ4v) is 4.21. The van der Waals surface area contributed by atoms with E-state index in [1.165, 1.54) is 5.56 Å². The van der Waals surface area contributed by atoms with Crippen LogP contribution in [0.2, 0.25) is 5.02 Å². The van der Waals surface area contributed by atoms with Crippen molar-refractivity contribution in [1.29, 1.82) is 0 Å². The zero-order valence-electron chi connectivity index (χ0n) is 16.8. The third kappa shape index (κ3) is 4.47. The summed E-state index contributed by atoms with van der Waals surface area (Å²) in [6.45, 7) is 9.33. The van der Waals surface area contributed by atoms with Crippen LogP contribution < -0.4 is 0 Å². The molecule has 0 bridgehead atoms.